The lowest BCUT2D eigenvalue weighted by atomic mass is 9.78. The van der Waals surface area contributed by atoms with Crippen molar-refractivity contribution in [1.82, 2.24) is 14.1 Å². The van der Waals surface area contributed by atoms with E-state index in [-0.39, 0.29) is 55.2 Å². The number of ether oxygens (including phenoxy) is 1. The molecule has 0 fully saturated rings. The normalized spacial score (nSPS) is 15.7. The molecule has 5 nitrogen and oxygen atoms in total. The van der Waals surface area contributed by atoms with Crippen LogP contribution in [-0.4, -0.2) is 22.2 Å². The van der Waals surface area contributed by atoms with Gasteiger partial charge in [0, 0.05) is 31.3 Å². The Morgan fingerprint density at radius 1 is 0.429 bits per heavy atom. The zero-order valence-corrected chi connectivity index (χ0v) is 56.7. The lowest BCUT2D eigenvalue weighted by Crippen LogP contribution is -2.74. The molecule has 3 aromatic heterocycles. The van der Waals surface area contributed by atoms with Gasteiger partial charge in [0.05, 0.1) is 54.0 Å². The molecule has 0 bridgehead atoms. The maximum Gasteiger partial charge on any atom is 0.269 e. The minimum absolute atomic E-state index is 0.0443. The van der Waals surface area contributed by atoms with E-state index in [0.717, 1.165) is 38.5 Å². The third-order valence-corrected chi connectivity index (χ3v) is 23.2. The van der Waals surface area contributed by atoms with Crippen molar-refractivity contribution in [3.05, 3.63) is 319 Å². The molecule has 6 heteroatoms. The van der Waals surface area contributed by atoms with Gasteiger partial charge in [-0.15, -0.1) is 0 Å². The Morgan fingerprint density at radius 3 is 1.57 bits per heavy atom. The summed E-state index contributed by atoms with van der Waals surface area (Å²) in [4.78, 5) is 4.92. The van der Waals surface area contributed by atoms with Crippen LogP contribution >= 0.6 is 0 Å². The molecule has 4 heterocycles. The van der Waals surface area contributed by atoms with Crippen molar-refractivity contribution in [3.63, 3.8) is 0 Å². The van der Waals surface area contributed by atoms with Crippen LogP contribution in [0.1, 0.15) is 119 Å². The molecule has 478 valence electrons. The van der Waals surface area contributed by atoms with Gasteiger partial charge in [0.2, 0.25) is 0 Å². The summed E-state index contributed by atoms with van der Waals surface area (Å²) in [6.45, 7) is 13.2. The molecule has 16 rings (SSSR count). The van der Waals surface area contributed by atoms with E-state index in [1.165, 1.54) is 18.2 Å². The van der Waals surface area contributed by atoms with Gasteiger partial charge >= 0.3 is 0 Å². The quantitative estimate of drug-likeness (QED) is 0.0592. The van der Waals surface area contributed by atoms with Crippen LogP contribution in [0, 0.1) is 20.0 Å². The van der Waals surface area contributed by atoms with E-state index in [1.54, 1.807) is 59.3 Å². The smallest absolute Gasteiger partial charge is 0.269 e. The second-order valence-corrected chi connectivity index (χ2v) is 31.8. The number of rotatable bonds is 10. The van der Waals surface area contributed by atoms with Gasteiger partial charge in [0.1, 0.15) is 17.3 Å². The predicted octanol–water partition coefficient (Wildman–Crippen LogP) is 20.5. The summed E-state index contributed by atoms with van der Waals surface area (Å²) in [6, 6.07) is 43.2. The topological polar surface area (TPSA) is 35.9 Å². The molecule has 0 unspecified atom stereocenters. The van der Waals surface area contributed by atoms with Crippen molar-refractivity contribution in [1.29, 1.82) is 0 Å². The summed E-state index contributed by atoms with van der Waals surface area (Å²) in [7, 11) is -5.98. The number of pyridine rings is 1. The van der Waals surface area contributed by atoms with Gasteiger partial charge in [-0.1, -0.05) is 274 Å². The van der Waals surface area contributed by atoms with E-state index in [4.69, 9.17) is 22.1 Å². The van der Waals surface area contributed by atoms with Gasteiger partial charge in [-0.3, -0.25) is 13.7 Å². The first-order valence-electron chi connectivity index (χ1n) is 43.2. The van der Waals surface area contributed by atoms with Crippen LogP contribution in [0.3, 0.4) is 0 Å². The number of nitrogens with zero attached hydrogens (tertiary/aromatic N) is 4. The fraction of sp³-hybridized carbons (Fsp3) is 0.152. The van der Waals surface area contributed by atoms with Crippen LogP contribution < -0.4 is 30.1 Å². The maximum atomic E-state index is 10.3. The SMILES string of the molecule is [2H]c1c([2H])c([2H])c([Si](c2cc3c4c(c2)n(-c2cccc(Oc5ccc6c7ccccc7n(-c7cc(C(C)(C)C)ccn7)c6c5)c2)[c-][n+]4-c2c(-c4cc(C(C)(C)C)cc(C(C)(C)C)c4)cc(-c4c(C([2H])([2H])[2H])cccc4C([2H])([2H])[2H])cc2-c2ccccc2-c2ccccc2-3)(c2c([2H])c([2H])c([2H])c([2H])c2[2H])c2c([2H])c([2H])c([2H])c([2H])c2[2H])c([2H])c1[2H]. The molecular weight excluding hydrogens is 1210 g/mol. The molecule has 0 atom stereocenters. The van der Waals surface area contributed by atoms with Crippen LogP contribution in [0.15, 0.2) is 285 Å². The van der Waals surface area contributed by atoms with Crippen molar-refractivity contribution in [2.24, 2.45) is 0 Å². The van der Waals surface area contributed by atoms with E-state index in [0.29, 0.717) is 61.9 Å². The Bertz CT molecular complexity index is 6520. The van der Waals surface area contributed by atoms with Crippen molar-refractivity contribution >= 4 is 61.7 Å². The number of hydrogen-bond donors (Lipinski definition) is 0. The highest BCUT2D eigenvalue weighted by Gasteiger charge is 2.43. The van der Waals surface area contributed by atoms with Gasteiger partial charge in [0.15, 0.2) is 8.07 Å². The Balaban J connectivity index is 1.13. The number of fused-ring (bicyclic) bond motifs is 10. The van der Waals surface area contributed by atoms with Gasteiger partial charge in [-0.05, 0) is 195 Å². The van der Waals surface area contributed by atoms with E-state index >= 15 is 0 Å². The van der Waals surface area contributed by atoms with Crippen LogP contribution in [0.5, 0.6) is 11.5 Å². The third kappa shape index (κ3) is 10.5. The molecular formula is C92H80N4OSi. The number of imidazole rings is 1. The van der Waals surface area contributed by atoms with Gasteiger partial charge in [-0.25, -0.2) is 4.98 Å². The molecule has 12 aromatic carbocycles. The highest BCUT2D eigenvalue weighted by Crippen LogP contribution is 2.49. The molecule has 15 aromatic rings. The highest BCUT2D eigenvalue weighted by molar-refractivity contribution is 7.20. The van der Waals surface area contributed by atoms with Crippen molar-refractivity contribution in [2.75, 3.05) is 0 Å². The Kier molecular flexibility index (Phi) is 10.3. The second kappa shape index (κ2) is 23.7. The average Bonchev–Trinajstić information content (AvgIpc) is 1.67. The standard InChI is InChI=1S/C92H80N4OSi/c1-60-29-27-30-61(2)87(60)63-51-80(62-49-65(91(6,7)8)53-66(50-62)92(9,10)11)88-81(52-63)76-41-23-21-39-74(76)75-40-22-24-42-77(75)82-57-73(98(70-33-15-12-16-34-70,71-35-17-13-18-36-71)72-37-19-14-20-38-72)58-85-89(82)95(88)59-94(85)67-31-28-32-68(55-67)97-69-45-46-79-78-43-25-26-44-83(78)96(84(79)56-69)86-54-64(47-48-93-86)90(3,4)5/h12-58H,1-11H3/i1D3,2D3,12D,13D,14D,15D,16D,17D,18D,19D,20D,33D,34D,35D,36D,37D,38D. The summed E-state index contributed by atoms with van der Waals surface area (Å²) in [5.41, 5.74) is 7.92. The van der Waals surface area contributed by atoms with E-state index in [1.807, 2.05) is 95.6 Å². The van der Waals surface area contributed by atoms with Gasteiger partial charge in [-0.2, -0.15) is 0 Å². The number of aromatic nitrogens is 4. The van der Waals surface area contributed by atoms with Crippen molar-refractivity contribution in [2.45, 2.75) is 92.3 Å². The highest BCUT2D eigenvalue weighted by atomic mass is 28.3. The summed E-state index contributed by atoms with van der Waals surface area (Å²) in [5.74, 6) is 1.39. The monoisotopic (exact) mass is 1310 g/mol. The largest absolute Gasteiger partial charge is 0.458 e. The van der Waals surface area contributed by atoms with Crippen LogP contribution in [0.4, 0.5) is 0 Å². The van der Waals surface area contributed by atoms with E-state index < -0.39 is 139 Å². The van der Waals surface area contributed by atoms with E-state index in [2.05, 4.69) is 104 Å². The minimum atomic E-state index is -5.98. The molecule has 98 heavy (non-hydrogen) atoms. The predicted molar refractivity (Wildman–Crippen MR) is 412 cm³/mol. The molecule has 0 spiro atoms. The van der Waals surface area contributed by atoms with Crippen molar-refractivity contribution in [3.8, 4) is 84.3 Å². The lowest BCUT2D eigenvalue weighted by Gasteiger charge is -2.35. The first-order valence-corrected chi connectivity index (χ1v) is 34.7. The van der Waals surface area contributed by atoms with E-state index in [9.17, 15) is 16.4 Å². The van der Waals surface area contributed by atoms with Crippen molar-refractivity contribution < 1.29 is 38.1 Å². The molecule has 0 aliphatic carbocycles. The van der Waals surface area contributed by atoms with Crippen LogP contribution in [0.25, 0.3) is 106 Å². The Hall–Kier alpha value is -10.9. The fourth-order valence-corrected chi connectivity index (χ4v) is 17.9. The molecule has 1 aliphatic heterocycles. The third-order valence-electron chi connectivity index (χ3n) is 19.0. The van der Waals surface area contributed by atoms with Gasteiger partial charge < -0.3 is 4.74 Å². The first-order chi connectivity index (χ1) is 55.9. The summed E-state index contributed by atoms with van der Waals surface area (Å²) in [6.07, 6.45) is 5.63. The summed E-state index contributed by atoms with van der Waals surface area (Å²) >= 11 is 0. The Labute approximate surface area is 607 Å². The number of para-hydroxylation sites is 1. The number of aryl methyl sites for hydroxylation is 2. The molecule has 0 N–H and O–H groups in total. The zero-order valence-electron chi connectivity index (χ0n) is 76.7. The van der Waals surface area contributed by atoms with Crippen LogP contribution in [-0.2, 0) is 16.2 Å². The summed E-state index contributed by atoms with van der Waals surface area (Å²) in [5, 5.41) is -0.381. The average molecular weight is 1310 g/mol. The molecule has 0 saturated heterocycles. The number of hydrogen-bond acceptors (Lipinski definition) is 2. The van der Waals surface area contributed by atoms with Gasteiger partial charge in [0.25, 0.3) is 6.33 Å². The zero-order chi connectivity index (χ0) is 85.5. The summed E-state index contributed by atoms with van der Waals surface area (Å²) < 4.78 is 214. The molecule has 0 saturated carbocycles. The second-order valence-electron chi connectivity index (χ2n) is 28.2. The molecule has 1 aliphatic rings. The minimum Gasteiger partial charge on any atom is -0.458 e. The molecule has 0 amide bonds. The fourth-order valence-electron chi connectivity index (χ4n) is 14.1. The molecule has 0 radical (unpaired) electrons. The first kappa shape index (κ1) is 42.6. The number of benzene rings is 12. The maximum absolute atomic E-state index is 10.3. The lowest BCUT2D eigenvalue weighted by molar-refractivity contribution is -0.570. The van der Waals surface area contributed by atoms with Crippen LogP contribution in [0.2, 0.25) is 0 Å². The Morgan fingerprint density at radius 2 is 0.969 bits per heavy atom.